The molecule has 2 aromatic carbocycles. The quantitative estimate of drug-likeness (QED) is 0.737. The molecular formula is C19H18FN3OS. The van der Waals surface area contributed by atoms with Gasteiger partial charge in [0.2, 0.25) is 0 Å². The van der Waals surface area contributed by atoms with E-state index in [1.54, 1.807) is 19.1 Å². The Morgan fingerprint density at radius 1 is 1.12 bits per heavy atom. The minimum atomic E-state index is -0.446. The van der Waals surface area contributed by atoms with Crippen LogP contribution in [0.1, 0.15) is 24.1 Å². The molecule has 0 aliphatic carbocycles. The molecule has 0 bridgehead atoms. The summed E-state index contributed by atoms with van der Waals surface area (Å²) in [5, 5.41) is 9.45. The number of carbonyl (C=O) groups excluding carboxylic acids is 1. The number of thiocarbonyl (C=S) groups is 1. The van der Waals surface area contributed by atoms with E-state index in [2.05, 4.69) is 16.0 Å². The topological polar surface area (TPSA) is 53.2 Å². The highest BCUT2D eigenvalue weighted by molar-refractivity contribution is 7.80. The molecule has 0 saturated heterocycles. The molecule has 2 aromatic rings. The van der Waals surface area contributed by atoms with Crippen LogP contribution < -0.4 is 16.0 Å². The summed E-state index contributed by atoms with van der Waals surface area (Å²) in [4.78, 5) is 12.9. The van der Waals surface area contributed by atoms with Crippen molar-refractivity contribution in [2.45, 2.75) is 19.9 Å². The fourth-order valence-corrected chi connectivity index (χ4v) is 3.07. The second-order valence-corrected chi connectivity index (χ2v) is 6.30. The Labute approximate surface area is 151 Å². The molecule has 3 N–H and O–H groups in total. The van der Waals surface area contributed by atoms with E-state index >= 15 is 0 Å². The second kappa shape index (κ2) is 7.03. The fourth-order valence-electron chi connectivity index (χ4n) is 2.80. The number of hydrogen-bond donors (Lipinski definition) is 3. The van der Waals surface area contributed by atoms with Crippen LogP contribution in [0.25, 0.3) is 0 Å². The van der Waals surface area contributed by atoms with Crippen molar-refractivity contribution in [2.24, 2.45) is 0 Å². The van der Waals surface area contributed by atoms with Gasteiger partial charge in [0.25, 0.3) is 5.91 Å². The molecular weight excluding hydrogens is 337 g/mol. The summed E-state index contributed by atoms with van der Waals surface area (Å²) < 4.78 is 13.2. The summed E-state index contributed by atoms with van der Waals surface area (Å²) in [6, 6.07) is 13.2. The van der Waals surface area contributed by atoms with Gasteiger partial charge < -0.3 is 16.0 Å². The van der Waals surface area contributed by atoms with Gasteiger partial charge in [0.15, 0.2) is 5.11 Å². The van der Waals surface area contributed by atoms with Crippen molar-refractivity contribution in [1.82, 2.24) is 10.6 Å². The zero-order chi connectivity index (χ0) is 18.0. The molecule has 0 radical (unpaired) electrons. The average molecular weight is 355 g/mol. The first kappa shape index (κ1) is 17.1. The molecule has 1 unspecified atom stereocenters. The van der Waals surface area contributed by atoms with Crippen molar-refractivity contribution in [1.29, 1.82) is 0 Å². The third-order valence-corrected chi connectivity index (χ3v) is 4.33. The molecule has 25 heavy (non-hydrogen) atoms. The number of aryl methyl sites for hydroxylation is 1. The van der Waals surface area contributed by atoms with Gasteiger partial charge in [0.1, 0.15) is 5.82 Å². The average Bonchev–Trinajstić information content (AvgIpc) is 2.57. The third-order valence-electron chi connectivity index (χ3n) is 4.11. The van der Waals surface area contributed by atoms with Crippen LogP contribution in [-0.2, 0) is 4.79 Å². The summed E-state index contributed by atoms with van der Waals surface area (Å²) in [7, 11) is 0. The van der Waals surface area contributed by atoms with Gasteiger partial charge in [-0.2, -0.15) is 0 Å². The summed E-state index contributed by atoms with van der Waals surface area (Å²) >= 11 is 5.21. The van der Waals surface area contributed by atoms with Crippen LogP contribution in [0.5, 0.6) is 0 Å². The molecule has 1 aliphatic heterocycles. The van der Waals surface area contributed by atoms with Gasteiger partial charge in [-0.15, -0.1) is 0 Å². The Balaban J connectivity index is 1.96. The normalized spacial score (nSPS) is 16.9. The maximum atomic E-state index is 13.2. The van der Waals surface area contributed by atoms with E-state index in [9.17, 15) is 9.18 Å². The minimum absolute atomic E-state index is 0.233. The van der Waals surface area contributed by atoms with E-state index in [1.165, 1.54) is 12.1 Å². The molecule has 6 heteroatoms. The van der Waals surface area contributed by atoms with Gasteiger partial charge in [-0.05, 0) is 55.4 Å². The van der Waals surface area contributed by atoms with E-state index < -0.39 is 6.04 Å². The number of rotatable bonds is 3. The highest BCUT2D eigenvalue weighted by Gasteiger charge is 2.30. The number of hydrogen-bond acceptors (Lipinski definition) is 2. The SMILES string of the molecule is CC1=C(C(=O)Nc2ccccc2C)C(c2ccc(F)cc2)NC(=S)N1. The molecule has 3 rings (SSSR count). The number of benzene rings is 2. The van der Waals surface area contributed by atoms with Crippen LogP contribution in [0.2, 0.25) is 0 Å². The van der Waals surface area contributed by atoms with Crippen molar-refractivity contribution >= 4 is 28.9 Å². The van der Waals surface area contributed by atoms with Crippen LogP contribution in [0.4, 0.5) is 10.1 Å². The number of nitrogens with one attached hydrogen (secondary N) is 3. The summed E-state index contributed by atoms with van der Waals surface area (Å²) in [5.74, 6) is -0.560. The number of amides is 1. The first-order valence-electron chi connectivity index (χ1n) is 7.86. The summed E-state index contributed by atoms with van der Waals surface area (Å²) in [6.45, 7) is 3.73. The molecule has 1 amide bonds. The Hall–Kier alpha value is -2.73. The van der Waals surface area contributed by atoms with Gasteiger partial charge in [-0.25, -0.2) is 4.39 Å². The van der Waals surface area contributed by atoms with Crippen molar-refractivity contribution in [3.63, 3.8) is 0 Å². The highest BCUT2D eigenvalue weighted by atomic mass is 32.1. The molecule has 0 fully saturated rings. The lowest BCUT2D eigenvalue weighted by Crippen LogP contribution is -2.45. The van der Waals surface area contributed by atoms with Crippen molar-refractivity contribution in [2.75, 3.05) is 5.32 Å². The zero-order valence-corrected chi connectivity index (χ0v) is 14.7. The van der Waals surface area contributed by atoms with E-state index in [0.717, 1.165) is 16.8 Å². The number of halogens is 1. The van der Waals surface area contributed by atoms with Gasteiger partial charge in [0, 0.05) is 11.4 Å². The van der Waals surface area contributed by atoms with E-state index in [0.29, 0.717) is 16.4 Å². The molecule has 1 aliphatic rings. The van der Waals surface area contributed by atoms with E-state index in [-0.39, 0.29) is 11.7 Å². The standard InChI is InChI=1S/C19H18FN3OS/c1-11-5-3-4-6-15(11)22-18(24)16-12(2)21-19(25)23-17(16)13-7-9-14(20)10-8-13/h3-10,17H,1-2H3,(H,22,24)(H2,21,23,25). The smallest absolute Gasteiger partial charge is 0.255 e. The van der Waals surface area contributed by atoms with Crippen LogP contribution >= 0.6 is 12.2 Å². The third kappa shape index (κ3) is 3.69. The largest absolute Gasteiger partial charge is 0.351 e. The minimum Gasteiger partial charge on any atom is -0.351 e. The molecule has 1 atom stereocenters. The van der Waals surface area contributed by atoms with Crippen molar-refractivity contribution in [3.05, 3.63) is 76.7 Å². The van der Waals surface area contributed by atoms with E-state index in [1.807, 2.05) is 31.2 Å². The van der Waals surface area contributed by atoms with Gasteiger partial charge in [0.05, 0.1) is 11.6 Å². The Morgan fingerprint density at radius 3 is 2.48 bits per heavy atom. The lowest BCUT2D eigenvalue weighted by atomic mass is 9.95. The lowest BCUT2D eigenvalue weighted by Gasteiger charge is -2.30. The van der Waals surface area contributed by atoms with E-state index in [4.69, 9.17) is 12.2 Å². The zero-order valence-electron chi connectivity index (χ0n) is 13.9. The molecule has 128 valence electrons. The fraction of sp³-hybridized carbons (Fsp3) is 0.158. The number of carbonyl (C=O) groups is 1. The van der Waals surface area contributed by atoms with Gasteiger partial charge in [-0.3, -0.25) is 4.79 Å². The predicted octanol–water partition coefficient (Wildman–Crippen LogP) is 3.57. The molecule has 0 spiro atoms. The molecule has 4 nitrogen and oxygen atoms in total. The number of anilines is 1. The van der Waals surface area contributed by atoms with Crippen molar-refractivity contribution in [3.8, 4) is 0 Å². The molecule has 1 heterocycles. The predicted molar refractivity (Wildman–Crippen MR) is 101 cm³/mol. The Kier molecular flexibility index (Phi) is 4.81. The summed E-state index contributed by atoms with van der Waals surface area (Å²) in [5.41, 5.74) is 3.67. The van der Waals surface area contributed by atoms with Gasteiger partial charge in [-0.1, -0.05) is 30.3 Å². The van der Waals surface area contributed by atoms with Gasteiger partial charge >= 0.3 is 0 Å². The first-order chi connectivity index (χ1) is 12.0. The second-order valence-electron chi connectivity index (χ2n) is 5.89. The van der Waals surface area contributed by atoms with Crippen LogP contribution in [0.3, 0.4) is 0 Å². The number of para-hydroxylation sites is 1. The number of allylic oxidation sites excluding steroid dienone is 1. The lowest BCUT2D eigenvalue weighted by molar-refractivity contribution is -0.113. The van der Waals surface area contributed by atoms with Crippen LogP contribution in [0.15, 0.2) is 59.8 Å². The Morgan fingerprint density at radius 2 is 1.80 bits per heavy atom. The maximum absolute atomic E-state index is 13.2. The molecule has 0 saturated carbocycles. The Bertz CT molecular complexity index is 861. The maximum Gasteiger partial charge on any atom is 0.255 e. The summed E-state index contributed by atoms with van der Waals surface area (Å²) in [6.07, 6.45) is 0. The highest BCUT2D eigenvalue weighted by Crippen LogP contribution is 2.28. The van der Waals surface area contributed by atoms with Crippen molar-refractivity contribution < 1.29 is 9.18 Å². The first-order valence-corrected chi connectivity index (χ1v) is 8.27. The molecule has 0 aromatic heterocycles. The van der Waals surface area contributed by atoms with Crippen LogP contribution in [0, 0.1) is 12.7 Å². The van der Waals surface area contributed by atoms with Crippen LogP contribution in [-0.4, -0.2) is 11.0 Å². The monoisotopic (exact) mass is 355 g/mol.